The Hall–Kier alpha value is -2.07. The fourth-order valence-corrected chi connectivity index (χ4v) is 6.92. The van der Waals surface area contributed by atoms with Crippen molar-refractivity contribution < 1.29 is 17.9 Å². The molecule has 0 radical (unpaired) electrons. The second-order valence-electron chi connectivity index (χ2n) is 12.5. The first-order valence-corrected chi connectivity index (χ1v) is 15.9. The van der Waals surface area contributed by atoms with Crippen molar-refractivity contribution in [2.24, 2.45) is 11.8 Å². The van der Waals surface area contributed by atoms with E-state index in [-0.39, 0.29) is 5.92 Å². The molecule has 4 rings (SSSR count). The first-order valence-electron chi connectivity index (χ1n) is 15.9. The van der Waals surface area contributed by atoms with E-state index in [0.717, 1.165) is 37.2 Å². The van der Waals surface area contributed by atoms with Crippen molar-refractivity contribution in [2.75, 3.05) is 0 Å². The SMILES string of the molecule is C=CC1CCC(c2ccc(C(F)(F)OC(C)c3ccc(C4CCC(CCCCCCC)CC4)cc3)c(F)c2)CC1. The topological polar surface area (TPSA) is 9.23 Å². The molecule has 0 bridgehead atoms. The van der Waals surface area contributed by atoms with Crippen molar-refractivity contribution >= 4 is 0 Å². The van der Waals surface area contributed by atoms with Crippen LogP contribution in [-0.2, 0) is 10.8 Å². The molecular weight excluding hydrogens is 505 g/mol. The third-order valence-electron chi connectivity index (χ3n) is 9.65. The molecule has 2 aliphatic rings. The largest absolute Gasteiger partial charge is 0.386 e. The zero-order valence-electron chi connectivity index (χ0n) is 24.7. The van der Waals surface area contributed by atoms with Crippen molar-refractivity contribution in [1.82, 2.24) is 0 Å². The number of rotatable bonds is 13. The quantitative estimate of drug-likeness (QED) is 0.177. The molecule has 0 amide bonds. The predicted octanol–water partition coefficient (Wildman–Crippen LogP) is 11.7. The van der Waals surface area contributed by atoms with Crippen molar-refractivity contribution in [2.45, 2.75) is 128 Å². The lowest BCUT2D eigenvalue weighted by atomic mass is 9.77. The molecule has 2 fully saturated rings. The highest BCUT2D eigenvalue weighted by Crippen LogP contribution is 2.41. The molecule has 40 heavy (non-hydrogen) atoms. The van der Waals surface area contributed by atoms with Crippen molar-refractivity contribution in [1.29, 1.82) is 0 Å². The minimum atomic E-state index is -3.71. The minimum Gasteiger partial charge on any atom is -0.309 e. The number of alkyl halides is 2. The summed E-state index contributed by atoms with van der Waals surface area (Å²) in [6.45, 7) is 7.73. The normalized spacial score (nSPS) is 24.5. The lowest BCUT2D eigenvalue weighted by Gasteiger charge is -2.29. The smallest absolute Gasteiger partial charge is 0.309 e. The molecule has 2 saturated carbocycles. The highest BCUT2D eigenvalue weighted by Gasteiger charge is 2.38. The van der Waals surface area contributed by atoms with Crippen LogP contribution >= 0.6 is 0 Å². The van der Waals surface area contributed by atoms with Gasteiger partial charge >= 0.3 is 6.11 Å². The fourth-order valence-electron chi connectivity index (χ4n) is 6.92. The van der Waals surface area contributed by atoms with Crippen LogP contribution in [0.25, 0.3) is 0 Å². The summed E-state index contributed by atoms with van der Waals surface area (Å²) in [5.41, 5.74) is 2.07. The van der Waals surface area contributed by atoms with Gasteiger partial charge in [0.15, 0.2) is 0 Å². The monoisotopic (exact) mass is 554 g/mol. The van der Waals surface area contributed by atoms with Gasteiger partial charge in [0.1, 0.15) is 5.82 Å². The Kier molecular flexibility index (Phi) is 11.4. The van der Waals surface area contributed by atoms with Gasteiger partial charge in [0.2, 0.25) is 0 Å². The summed E-state index contributed by atoms with van der Waals surface area (Å²) in [4.78, 5) is 0. The molecule has 2 aromatic rings. The molecule has 2 aromatic carbocycles. The number of unbranched alkanes of at least 4 members (excludes halogenated alkanes) is 4. The molecule has 2 aliphatic carbocycles. The van der Waals surface area contributed by atoms with Crippen LogP contribution in [0.4, 0.5) is 13.2 Å². The summed E-state index contributed by atoms with van der Waals surface area (Å²) in [5.74, 6) is 1.21. The molecule has 0 aliphatic heterocycles. The molecule has 4 heteroatoms. The Morgan fingerprint density at radius 1 is 0.850 bits per heavy atom. The van der Waals surface area contributed by atoms with E-state index in [1.807, 2.05) is 18.2 Å². The summed E-state index contributed by atoms with van der Waals surface area (Å²) in [5, 5.41) is 0. The fraction of sp³-hybridized carbons (Fsp3) is 0.611. The maximum atomic E-state index is 15.1. The number of allylic oxidation sites excluding steroid dienone is 1. The predicted molar refractivity (Wildman–Crippen MR) is 159 cm³/mol. The molecule has 1 nitrogen and oxygen atoms in total. The standard InChI is InChI=1S/C36H49F3O/c1-4-6-7-8-9-10-28-13-17-30(18-14-28)31-21-19-29(20-22-31)26(3)40-36(38,39)34-24-23-33(25-35(34)37)32-15-11-27(5-2)12-16-32/h5,19-28,30,32H,2,4,6-18H2,1,3H3. The maximum absolute atomic E-state index is 15.1. The van der Waals surface area contributed by atoms with E-state index in [1.165, 1.54) is 81.9 Å². The Morgan fingerprint density at radius 3 is 2.08 bits per heavy atom. The van der Waals surface area contributed by atoms with Crippen LogP contribution in [0.5, 0.6) is 0 Å². The summed E-state index contributed by atoms with van der Waals surface area (Å²) in [7, 11) is 0. The second kappa shape index (κ2) is 14.7. The molecule has 1 unspecified atom stereocenters. The minimum absolute atomic E-state index is 0.206. The molecule has 1 atom stereocenters. The van der Waals surface area contributed by atoms with Gasteiger partial charge in [-0.2, -0.15) is 8.78 Å². The first-order chi connectivity index (χ1) is 19.3. The van der Waals surface area contributed by atoms with Gasteiger partial charge in [0.05, 0.1) is 11.7 Å². The highest BCUT2D eigenvalue weighted by atomic mass is 19.3. The lowest BCUT2D eigenvalue weighted by Crippen LogP contribution is -2.22. The first kappa shape index (κ1) is 30.9. The second-order valence-corrected chi connectivity index (χ2v) is 12.5. The molecule has 0 heterocycles. The van der Waals surface area contributed by atoms with Gasteiger partial charge in [0.25, 0.3) is 0 Å². The van der Waals surface area contributed by atoms with Crippen LogP contribution in [0.1, 0.15) is 144 Å². The van der Waals surface area contributed by atoms with E-state index < -0.39 is 23.6 Å². The summed E-state index contributed by atoms with van der Waals surface area (Å²) in [6.07, 6.45) is 14.3. The maximum Gasteiger partial charge on any atom is 0.386 e. The van der Waals surface area contributed by atoms with Crippen LogP contribution < -0.4 is 0 Å². The van der Waals surface area contributed by atoms with Crippen LogP contribution in [0.2, 0.25) is 0 Å². The zero-order valence-corrected chi connectivity index (χ0v) is 24.7. The van der Waals surface area contributed by atoms with Gasteiger partial charge in [-0.05, 0) is 111 Å². The van der Waals surface area contributed by atoms with E-state index >= 15 is 8.78 Å². The number of benzene rings is 2. The molecule has 0 spiro atoms. The van der Waals surface area contributed by atoms with Gasteiger partial charge in [-0.25, -0.2) is 4.39 Å². The molecule has 0 aromatic heterocycles. The van der Waals surface area contributed by atoms with Crippen molar-refractivity contribution in [3.05, 3.63) is 83.2 Å². The van der Waals surface area contributed by atoms with Crippen molar-refractivity contribution in [3.63, 3.8) is 0 Å². The van der Waals surface area contributed by atoms with E-state index in [9.17, 15) is 4.39 Å². The van der Waals surface area contributed by atoms with Gasteiger partial charge in [0, 0.05) is 0 Å². The average Bonchev–Trinajstić information content (AvgIpc) is 2.97. The Labute approximate surface area is 240 Å². The number of hydrogen-bond acceptors (Lipinski definition) is 1. The summed E-state index contributed by atoms with van der Waals surface area (Å²) >= 11 is 0. The Bertz CT molecular complexity index is 1050. The van der Waals surface area contributed by atoms with Crippen LogP contribution in [0, 0.1) is 17.7 Å². The number of hydrogen-bond donors (Lipinski definition) is 0. The van der Waals surface area contributed by atoms with Gasteiger partial charge in [-0.1, -0.05) is 81.9 Å². The number of ether oxygens (including phenoxy) is 1. The third kappa shape index (κ3) is 8.24. The zero-order chi connectivity index (χ0) is 28.5. The van der Waals surface area contributed by atoms with Crippen molar-refractivity contribution in [3.8, 4) is 0 Å². The summed E-state index contributed by atoms with van der Waals surface area (Å²) < 4.78 is 50.3. The van der Waals surface area contributed by atoms with E-state index in [4.69, 9.17) is 4.74 Å². The van der Waals surface area contributed by atoms with E-state index in [0.29, 0.717) is 17.4 Å². The Morgan fingerprint density at radius 2 is 1.45 bits per heavy atom. The van der Waals surface area contributed by atoms with Crippen LogP contribution in [0.15, 0.2) is 55.1 Å². The average molecular weight is 555 g/mol. The van der Waals surface area contributed by atoms with E-state index in [2.05, 4.69) is 25.6 Å². The lowest BCUT2D eigenvalue weighted by molar-refractivity contribution is -0.273. The highest BCUT2D eigenvalue weighted by molar-refractivity contribution is 5.30. The molecular formula is C36H49F3O. The third-order valence-corrected chi connectivity index (χ3v) is 9.65. The number of halogens is 3. The molecule has 0 saturated heterocycles. The van der Waals surface area contributed by atoms with Gasteiger partial charge in [-0.3, -0.25) is 0 Å². The van der Waals surface area contributed by atoms with Gasteiger partial charge < -0.3 is 4.74 Å². The van der Waals surface area contributed by atoms with E-state index in [1.54, 1.807) is 13.0 Å². The van der Waals surface area contributed by atoms with Crippen LogP contribution in [0.3, 0.4) is 0 Å². The Balaban J connectivity index is 1.28. The summed E-state index contributed by atoms with van der Waals surface area (Å²) in [6, 6.07) is 12.1. The molecule has 220 valence electrons. The van der Waals surface area contributed by atoms with Gasteiger partial charge in [-0.15, -0.1) is 6.58 Å². The van der Waals surface area contributed by atoms with Crippen LogP contribution in [-0.4, -0.2) is 0 Å². The molecule has 0 N–H and O–H groups in total.